The number of ether oxygens (including phenoxy) is 2. The molecule has 0 aromatic heterocycles. The number of nitrogens with zero attached hydrogens (tertiary/aromatic N) is 1. The summed E-state index contributed by atoms with van der Waals surface area (Å²) in [4.78, 5) is 25.8. The third-order valence-corrected chi connectivity index (χ3v) is 6.28. The molecule has 2 aromatic rings. The predicted octanol–water partition coefficient (Wildman–Crippen LogP) is 3.81. The highest BCUT2D eigenvalue weighted by Gasteiger charge is 2.41. The van der Waals surface area contributed by atoms with Crippen LogP contribution in [0.15, 0.2) is 60.2 Å². The van der Waals surface area contributed by atoms with Crippen molar-refractivity contribution in [3.63, 3.8) is 0 Å². The smallest absolute Gasteiger partial charge is 0.410 e. The standard InChI is InChI=1S/C24H23NO5/c26-23(27)11-15-9-16-12-29-13-17(10-15)25(16)24(28)30-14-22-20-7-3-1-5-18(20)19-6-2-4-8-21(19)22/h1-8,11,16-17,22H,9-10,12-14H2,(H,26,27). The second kappa shape index (κ2) is 7.61. The Balaban J connectivity index is 1.33. The molecule has 2 aliphatic heterocycles. The van der Waals surface area contributed by atoms with Crippen LogP contribution in [-0.4, -0.2) is 54.0 Å². The number of carbonyl (C=O) groups excluding carboxylic acids is 1. The number of morpholine rings is 1. The average molecular weight is 405 g/mol. The van der Waals surface area contributed by atoms with E-state index in [2.05, 4.69) is 24.3 Å². The zero-order valence-corrected chi connectivity index (χ0v) is 16.5. The molecule has 6 heteroatoms. The van der Waals surface area contributed by atoms with Gasteiger partial charge < -0.3 is 14.6 Å². The fraction of sp³-hybridized carbons (Fsp3) is 0.333. The highest BCUT2D eigenvalue weighted by Crippen LogP contribution is 2.44. The number of amides is 1. The molecule has 2 saturated heterocycles. The summed E-state index contributed by atoms with van der Waals surface area (Å²) in [5, 5.41) is 9.06. The first kappa shape index (κ1) is 18.9. The van der Waals surface area contributed by atoms with Crippen LogP contribution in [0.3, 0.4) is 0 Å². The van der Waals surface area contributed by atoms with Crippen LogP contribution >= 0.6 is 0 Å². The molecule has 3 aliphatic rings. The first-order valence-corrected chi connectivity index (χ1v) is 10.2. The number of benzene rings is 2. The van der Waals surface area contributed by atoms with E-state index in [9.17, 15) is 9.59 Å². The first-order valence-electron chi connectivity index (χ1n) is 10.2. The summed E-state index contributed by atoms with van der Waals surface area (Å²) in [5.41, 5.74) is 5.60. The van der Waals surface area contributed by atoms with E-state index < -0.39 is 5.97 Å². The van der Waals surface area contributed by atoms with Crippen LogP contribution in [-0.2, 0) is 14.3 Å². The summed E-state index contributed by atoms with van der Waals surface area (Å²) in [6, 6.07) is 16.1. The molecular formula is C24H23NO5. The van der Waals surface area contributed by atoms with Crippen LogP contribution in [0.2, 0.25) is 0 Å². The Kier molecular flexibility index (Phi) is 4.79. The molecule has 0 spiro atoms. The molecule has 2 bridgehead atoms. The van der Waals surface area contributed by atoms with Gasteiger partial charge in [0, 0.05) is 12.0 Å². The molecule has 6 nitrogen and oxygen atoms in total. The van der Waals surface area contributed by atoms with Gasteiger partial charge >= 0.3 is 12.1 Å². The minimum atomic E-state index is -0.946. The van der Waals surface area contributed by atoms with Crippen molar-refractivity contribution in [2.75, 3.05) is 19.8 Å². The Hall–Kier alpha value is -3.12. The summed E-state index contributed by atoms with van der Waals surface area (Å²) in [6.07, 6.45) is 1.94. The van der Waals surface area contributed by atoms with Crippen molar-refractivity contribution in [1.29, 1.82) is 0 Å². The third kappa shape index (κ3) is 3.27. The van der Waals surface area contributed by atoms with Gasteiger partial charge in [-0.3, -0.25) is 4.90 Å². The van der Waals surface area contributed by atoms with E-state index in [-0.39, 0.29) is 30.7 Å². The lowest BCUT2D eigenvalue weighted by molar-refractivity contribution is -0.131. The van der Waals surface area contributed by atoms with Crippen LogP contribution in [0.1, 0.15) is 29.9 Å². The van der Waals surface area contributed by atoms with Crippen molar-refractivity contribution in [1.82, 2.24) is 4.90 Å². The molecule has 0 saturated carbocycles. The minimum Gasteiger partial charge on any atom is -0.478 e. The topological polar surface area (TPSA) is 76.1 Å². The van der Waals surface area contributed by atoms with E-state index in [4.69, 9.17) is 14.6 Å². The van der Waals surface area contributed by atoms with Gasteiger partial charge in [0.2, 0.25) is 0 Å². The Labute approximate surface area is 174 Å². The van der Waals surface area contributed by atoms with E-state index in [1.807, 2.05) is 24.3 Å². The number of hydrogen-bond acceptors (Lipinski definition) is 4. The van der Waals surface area contributed by atoms with Gasteiger partial charge in [-0.25, -0.2) is 9.59 Å². The predicted molar refractivity (Wildman–Crippen MR) is 110 cm³/mol. The molecule has 2 fully saturated rings. The van der Waals surface area contributed by atoms with Gasteiger partial charge in [-0.2, -0.15) is 0 Å². The maximum atomic E-state index is 13.0. The highest BCUT2D eigenvalue weighted by atomic mass is 16.6. The fourth-order valence-corrected chi connectivity index (χ4v) is 5.06. The van der Waals surface area contributed by atoms with Gasteiger partial charge in [0.25, 0.3) is 0 Å². The van der Waals surface area contributed by atoms with Crippen molar-refractivity contribution >= 4 is 12.1 Å². The number of rotatable bonds is 3. The number of hydrogen-bond donors (Lipinski definition) is 1. The van der Waals surface area contributed by atoms with Crippen LogP contribution < -0.4 is 0 Å². The number of fused-ring (bicyclic) bond motifs is 5. The van der Waals surface area contributed by atoms with Gasteiger partial charge in [0.05, 0.1) is 25.3 Å². The van der Waals surface area contributed by atoms with Gasteiger partial charge in [0.15, 0.2) is 0 Å². The molecule has 1 N–H and O–H groups in total. The van der Waals surface area contributed by atoms with Crippen molar-refractivity contribution in [2.24, 2.45) is 0 Å². The Bertz CT molecular complexity index is 968. The van der Waals surface area contributed by atoms with Crippen LogP contribution in [0, 0.1) is 0 Å². The van der Waals surface area contributed by atoms with E-state index in [1.54, 1.807) is 4.90 Å². The molecule has 0 radical (unpaired) electrons. The van der Waals surface area contributed by atoms with Crippen LogP contribution in [0.25, 0.3) is 11.1 Å². The monoisotopic (exact) mass is 405 g/mol. The summed E-state index contributed by atoms with van der Waals surface area (Å²) in [5.74, 6) is -0.928. The fourth-order valence-electron chi connectivity index (χ4n) is 5.06. The zero-order valence-electron chi connectivity index (χ0n) is 16.5. The highest BCUT2D eigenvalue weighted by molar-refractivity contribution is 5.81. The van der Waals surface area contributed by atoms with Gasteiger partial charge in [-0.05, 0) is 35.1 Å². The number of aliphatic carboxylic acids is 1. The van der Waals surface area contributed by atoms with Gasteiger partial charge in [-0.1, -0.05) is 54.1 Å². The second-order valence-corrected chi connectivity index (χ2v) is 8.11. The first-order chi connectivity index (χ1) is 14.6. The van der Waals surface area contributed by atoms with E-state index in [0.717, 1.165) is 5.57 Å². The van der Waals surface area contributed by atoms with E-state index >= 15 is 0 Å². The molecule has 1 amide bonds. The largest absolute Gasteiger partial charge is 0.478 e. The normalized spacial score (nSPS) is 22.3. The molecule has 2 aromatic carbocycles. The molecule has 154 valence electrons. The summed E-state index contributed by atoms with van der Waals surface area (Å²) in [7, 11) is 0. The Morgan fingerprint density at radius 2 is 1.57 bits per heavy atom. The quantitative estimate of drug-likeness (QED) is 0.786. The van der Waals surface area contributed by atoms with Crippen molar-refractivity contribution in [3.05, 3.63) is 71.3 Å². The van der Waals surface area contributed by atoms with Crippen LogP contribution in [0.4, 0.5) is 4.79 Å². The molecule has 2 heterocycles. The Morgan fingerprint density at radius 1 is 1.00 bits per heavy atom. The maximum absolute atomic E-state index is 13.0. The van der Waals surface area contributed by atoms with Gasteiger partial charge in [0.1, 0.15) is 6.61 Å². The van der Waals surface area contributed by atoms with E-state index in [1.165, 1.54) is 28.3 Å². The lowest BCUT2D eigenvalue weighted by Crippen LogP contribution is -2.58. The summed E-state index contributed by atoms with van der Waals surface area (Å²) >= 11 is 0. The molecule has 30 heavy (non-hydrogen) atoms. The van der Waals surface area contributed by atoms with Crippen molar-refractivity contribution < 1.29 is 24.2 Å². The van der Waals surface area contributed by atoms with Crippen LogP contribution in [0.5, 0.6) is 0 Å². The SMILES string of the molecule is O=C(O)C=C1CC2COCC(C1)N2C(=O)OCC1c2ccccc2-c2ccccc21. The molecule has 2 unspecified atom stereocenters. The number of carbonyl (C=O) groups is 2. The number of piperidine rings is 1. The number of carboxylic acids is 1. The minimum absolute atomic E-state index is 0.0182. The maximum Gasteiger partial charge on any atom is 0.410 e. The molecular weight excluding hydrogens is 382 g/mol. The number of carboxylic acid groups (broad SMARTS) is 1. The van der Waals surface area contributed by atoms with Crippen molar-refractivity contribution in [2.45, 2.75) is 30.8 Å². The zero-order chi connectivity index (χ0) is 20.7. The molecule has 2 atom stereocenters. The summed E-state index contributed by atoms with van der Waals surface area (Å²) < 4.78 is 11.4. The lowest BCUT2D eigenvalue weighted by Gasteiger charge is -2.45. The Morgan fingerprint density at radius 3 is 2.13 bits per heavy atom. The third-order valence-electron chi connectivity index (χ3n) is 6.28. The second-order valence-electron chi connectivity index (χ2n) is 8.11. The molecule has 1 aliphatic carbocycles. The lowest BCUT2D eigenvalue weighted by atomic mass is 9.90. The molecule has 5 rings (SSSR count). The summed E-state index contributed by atoms with van der Waals surface area (Å²) in [6.45, 7) is 1.08. The average Bonchev–Trinajstić information content (AvgIpc) is 3.05. The van der Waals surface area contributed by atoms with E-state index in [0.29, 0.717) is 26.1 Å². The van der Waals surface area contributed by atoms with Crippen molar-refractivity contribution in [3.8, 4) is 11.1 Å². The van der Waals surface area contributed by atoms with Gasteiger partial charge in [-0.15, -0.1) is 0 Å².